The molecule has 186 valence electrons. The highest BCUT2D eigenvalue weighted by atomic mass is 35.5. The van der Waals surface area contributed by atoms with E-state index < -0.39 is 0 Å². The maximum Gasteiger partial charge on any atom is 0.201 e. The van der Waals surface area contributed by atoms with Crippen LogP contribution in [-0.2, 0) is 15.6 Å². The number of anilines is 1. The number of Topliss-reactive ketones (excluding diaryl/α,β-unsaturated/α-hetero) is 1. The molecule has 0 spiro atoms. The summed E-state index contributed by atoms with van der Waals surface area (Å²) in [5.41, 5.74) is 8.22. The number of aliphatic hydroxyl groups excluding tert-OH is 1. The van der Waals surface area contributed by atoms with Crippen molar-refractivity contribution >= 4 is 40.7 Å². The maximum atomic E-state index is 13.8. The van der Waals surface area contributed by atoms with E-state index >= 15 is 0 Å². The van der Waals surface area contributed by atoms with E-state index in [-0.39, 0.29) is 22.4 Å². The molecule has 0 amide bonds. The number of hydrogen-bond donors (Lipinski definition) is 2. The van der Waals surface area contributed by atoms with Crippen LogP contribution in [0.4, 0.5) is 5.69 Å². The first kappa shape index (κ1) is 24.9. The Morgan fingerprint density at radius 2 is 1.50 bits per heavy atom. The van der Waals surface area contributed by atoms with Crippen LogP contribution in [0.2, 0.25) is 10.0 Å². The first-order valence-corrected chi connectivity index (χ1v) is 13.2. The van der Waals surface area contributed by atoms with Gasteiger partial charge in [-0.15, -0.1) is 0 Å². The number of carbonyl (C=O) groups excluding carboxylic acids is 1. The summed E-state index contributed by atoms with van der Waals surface area (Å²) in [4.78, 5) is 13.8. The number of aliphatic hydroxyl groups is 1. The molecular formula is C31H31Cl2NO2. The number of fused-ring (bicyclic) bond motifs is 2. The standard InChI is InChI=1S/C31H31Cl2NO2/c1-7-19(22-13-16-9-10-17(32)14-21(16)30(22,3)4)25-27(35)26(28(25)36)20(8-2)29-31(5,6)23-15-18(33)11-12-24(23)34-29/h9-15,34-35H,7-8H2,1-6H3/b25-19?,29-20+. The smallest absolute Gasteiger partial charge is 0.201 e. The van der Waals surface area contributed by atoms with Gasteiger partial charge in [-0.1, -0.05) is 76.9 Å². The molecule has 3 nitrogen and oxygen atoms in total. The van der Waals surface area contributed by atoms with Crippen molar-refractivity contribution in [2.24, 2.45) is 0 Å². The van der Waals surface area contributed by atoms with Gasteiger partial charge >= 0.3 is 0 Å². The summed E-state index contributed by atoms with van der Waals surface area (Å²) < 4.78 is 0. The summed E-state index contributed by atoms with van der Waals surface area (Å²) >= 11 is 12.6. The molecule has 0 aromatic heterocycles. The van der Waals surface area contributed by atoms with Gasteiger partial charge in [0.1, 0.15) is 5.76 Å². The van der Waals surface area contributed by atoms with Crippen LogP contribution >= 0.6 is 23.2 Å². The molecule has 36 heavy (non-hydrogen) atoms. The molecule has 3 aliphatic rings. The van der Waals surface area contributed by atoms with Crippen molar-refractivity contribution in [3.63, 3.8) is 0 Å². The highest BCUT2D eigenvalue weighted by Gasteiger charge is 2.45. The molecule has 0 radical (unpaired) electrons. The summed E-state index contributed by atoms with van der Waals surface area (Å²) in [6.07, 6.45) is 3.39. The summed E-state index contributed by atoms with van der Waals surface area (Å²) in [6, 6.07) is 11.7. The van der Waals surface area contributed by atoms with Crippen LogP contribution in [0, 0.1) is 0 Å². The average molecular weight is 521 g/mol. The van der Waals surface area contributed by atoms with Crippen LogP contribution in [0.25, 0.3) is 6.08 Å². The Labute approximate surface area is 223 Å². The topological polar surface area (TPSA) is 49.3 Å². The van der Waals surface area contributed by atoms with Gasteiger partial charge in [0.2, 0.25) is 5.78 Å². The molecule has 5 rings (SSSR count). The Kier molecular flexibility index (Phi) is 5.81. The van der Waals surface area contributed by atoms with Gasteiger partial charge < -0.3 is 10.4 Å². The van der Waals surface area contributed by atoms with Gasteiger partial charge in [0.25, 0.3) is 0 Å². The predicted molar refractivity (Wildman–Crippen MR) is 150 cm³/mol. The Morgan fingerprint density at radius 1 is 0.889 bits per heavy atom. The van der Waals surface area contributed by atoms with Gasteiger partial charge in [0.05, 0.1) is 11.1 Å². The molecule has 0 saturated heterocycles. The van der Waals surface area contributed by atoms with Crippen molar-refractivity contribution in [3.05, 3.63) is 102 Å². The molecule has 2 aromatic rings. The van der Waals surface area contributed by atoms with Crippen molar-refractivity contribution in [3.8, 4) is 0 Å². The lowest BCUT2D eigenvalue weighted by atomic mass is 9.71. The third-order valence-electron chi connectivity index (χ3n) is 8.07. The Morgan fingerprint density at radius 3 is 2.11 bits per heavy atom. The van der Waals surface area contributed by atoms with E-state index in [1.54, 1.807) is 0 Å². The Balaban J connectivity index is 1.63. The number of ketones is 1. The molecule has 0 saturated carbocycles. The molecular weight excluding hydrogens is 489 g/mol. The number of halogens is 2. The second-order valence-corrected chi connectivity index (χ2v) is 11.7. The quantitative estimate of drug-likeness (QED) is 0.396. The average Bonchev–Trinajstić information content (AvgIpc) is 3.24. The summed E-state index contributed by atoms with van der Waals surface area (Å²) in [6.45, 7) is 12.6. The van der Waals surface area contributed by atoms with E-state index in [1.165, 1.54) is 0 Å². The van der Waals surface area contributed by atoms with Gasteiger partial charge in [0.15, 0.2) is 0 Å². The maximum absolute atomic E-state index is 13.8. The molecule has 0 bridgehead atoms. The van der Waals surface area contributed by atoms with Crippen molar-refractivity contribution in [2.45, 2.75) is 65.2 Å². The first-order chi connectivity index (χ1) is 16.9. The van der Waals surface area contributed by atoms with Crippen LogP contribution in [0.3, 0.4) is 0 Å². The van der Waals surface area contributed by atoms with Crippen LogP contribution < -0.4 is 5.32 Å². The molecule has 1 aliphatic heterocycles. The number of nitrogens with one attached hydrogen (secondary N) is 1. The monoisotopic (exact) mass is 519 g/mol. The lowest BCUT2D eigenvalue weighted by Crippen LogP contribution is -2.30. The molecule has 2 aromatic carbocycles. The van der Waals surface area contributed by atoms with E-state index in [0.717, 1.165) is 44.8 Å². The van der Waals surface area contributed by atoms with Crippen molar-refractivity contribution in [1.82, 2.24) is 0 Å². The Hall–Kier alpha value is -2.75. The number of allylic oxidation sites excluding steroid dienone is 6. The minimum absolute atomic E-state index is 0.0917. The van der Waals surface area contributed by atoms with Gasteiger partial charge in [-0.2, -0.15) is 0 Å². The molecule has 2 N–H and O–H groups in total. The highest BCUT2D eigenvalue weighted by Crippen LogP contribution is 2.52. The van der Waals surface area contributed by atoms with Crippen LogP contribution in [0.5, 0.6) is 0 Å². The molecule has 1 heterocycles. The second-order valence-electron chi connectivity index (χ2n) is 10.8. The minimum Gasteiger partial charge on any atom is -0.506 e. The fourth-order valence-corrected chi connectivity index (χ4v) is 6.45. The third kappa shape index (κ3) is 3.43. The van der Waals surface area contributed by atoms with Crippen LogP contribution in [0.1, 0.15) is 71.1 Å². The normalized spacial score (nSPS) is 22.0. The number of benzene rings is 2. The van der Waals surface area contributed by atoms with Crippen molar-refractivity contribution < 1.29 is 9.90 Å². The second kappa shape index (κ2) is 8.39. The lowest BCUT2D eigenvalue weighted by molar-refractivity contribution is -0.113. The lowest BCUT2D eigenvalue weighted by Gasteiger charge is -2.33. The van der Waals surface area contributed by atoms with E-state index in [4.69, 9.17) is 23.2 Å². The molecule has 0 unspecified atom stereocenters. The number of hydrogen-bond acceptors (Lipinski definition) is 3. The van der Waals surface area contributed by atoms with Crippen molar-refractivity contribution in [1.29, 1.82) is 0 Å². The van der Waals surface area contributed by atoms with Crippen molar-refractivity contribution in [2.75, 3.05) is 5.32 Å². The van der Waals surface area contributed by atoms with E-state index in [2.05, 4.69) is 39.1 Å². The zero-order valence-corrected chi connectivity index (χ0v) is 23.1. The molecule has 0 fully saturated rings. The Bertz CT molecular complexity index is 1470. The largest absolute Gasteiger partial charge is 0.506 e. The minimum atomic E-state index is -0.372. The van der Waals surface area contributed by atoms with Gasteiger partial charge in [0, 0.05) is 32.3 Å². The molecule has 0 atom stereocenters. The van der Waals surface area contributed by atoms with E-state index in [0.29, 0.717) is 34.0 Å². The van der Waals surface area contributed by atoms with Gasteiger partial charge in [-0.25, -0.2) is 0 Å². The predicted octanol–water partition coefficient (Wildman–Crippen LogP) is 8.84. The summed E-state index contributed by atoms with van der Waals surface area (Å²) in [5.74, 6) is 0.00412. The zero-order valence-electron chi connectivity index (χ0n) is 21.6. The SMILES string of the molecule is CCC(C1=Cc2ccc(Cl)cc2C1(C)C)=C1C(=O)C(/C(CC)=C2/Nc3ccc(Cl)cc3C2(C)C)=C1O. The molecule has 5 heteroatoms. The van der Waals surface area contributed by atoms with E-state index in [9.17, 15) is 9.90 Å². The first-order valence-electron chi connectivity index (χ1n) is 12.5. The number of rotatable bonds is 4. The zero-order chi connectivity index (χ0) is 26.2. The summed E-state index contributed by atoms with van der Waals surface area (Å²) in [5, 5.41) is 16.3. The number of carbonyl (C=O) groups is 1. The fraction of sp³-hybridized carbons (Fsp3) is 0.323. The van der Waals surface area contributed by atoms with Gasteiger partial charge in [-0.05, 0) is 76.6 Å². The van der Waals surface area contributed by atoms with E-state index in [1.807, 2.05) is 50.2 Å². The summed E-state index contributed by atoms with van der Waals surface area (Å²) in [7, 11) is 0. The fourth-order valence-electron chi connectivity index (χ4n) is 6.10. The van der Waals surface area contributed by atoms with Crippen LogP contribution in [0.15, 0.2) is 75.7 Å². The van der Waals surface area contributed by atoms with Crippen LogP contribution in [-0.4, -0.2) is 10.9 Å². The third-order valence-corrected chi connectivity index (χ3v) is 8.54. The van der Waals surface area contributed by atoms with Gasteiger partial charge in [-0.3, -0.25) is 4.79 Å². The highest BCUT2D eigenvalue weighted by molar-refractivity contribution is 6.31. The molecule has 2 aliphatic carbocycles.